The fraction of sp³-hybridized carbons (Fsp3) is 0.692. The summed E-state index contributed by atoms with van der Waals surface area (Å²) in [4.78, 5) is 30.7. The number of likely N-dealkylation sites (N-methyl/N-ethyl adjacent to an activating group) is 1. The first kappa shape index (κ1) is 27.9. The second kappa shape index (κ2) is 13.0. The lowest BCUT2D eigenvalue weighted by molar-refractivity contribution is -0.144. The van der Waals surface area contributed by atoms with E-state index >= 15 is 0 Å². The monoisotopic (exact) mass is 553 g/mol. The Morgan fingerprint density at radius 3 is 2.69 bits per heavy atom. The molecule has 1 N–H and O–H groups in total. The minimum Gasteiger partial charge on any atom is -0.475 e. The molecule has 1 spiro atoms. The fourth-order valence-corrected chi connectivity index (χ4v) is 5.38. The molecular formula is C26H40BrN3O5. The van der Waals surface area contributed by atoms with E-state index in [1.807, 2.05) is 42.8 Å². The Labute approximate surface area is 217 Å². The van der Waals surface area contributed by atoms with Crippen LogP contribution in [0.2, 0.25) is 0 Å². The second-order valence-corrected chi connectivity index (χ2v) is 9.94. The third-order valence-electron chi connectivity index (χ3n) is 6.93. The van der Waals surface area contributed by atoms with Crippen molar-refractivity contribution in [2.24, 2.45) is 0 Å². The van der Waals surface area contributed by atoms with Crippen molar-refractivity contribution in [1.82, 2.24) is 10.2 Å². The third kappa shape index (κ3) is 6.18. The van der Waals surface area contributed by atoms with Crippen LogP contribution < -0.4 is 15.0 Å². The SMILES string of the molecule is CC.COCCCCN1C(=O)C2(CCOCC2)Oc2cc(Br)c(C(=O)N(C)[C@@H]3CCCNC3)cc21. The van der Waals surface area contributed by atoms with Crippen molar-refractivity contribution in [3.05, 3.63) is 22.2 Å². The lowest BCUT2D eigenvalue weighted by Crippen LogP contribution is -2.58. The van der Waals surface area contributed by atoms with Gasteiger partial charge in [0.1, 0.15) is 5.75 Å². The number of nitrogens with one attached hydrogen (secondary N) is 1. The zero-order valence-corrected chi connectivity index (χ0v) is 23.1. The van der Waals surface area contributed by atoms with Crippen molar-refractivity contribution in [2.45, 2.75) is 64.0 Å². The summed E-state index contributed by atoms with van der Waals surface area (Å²) < 4.78 is 17.7. The second-order valence-electron chi connectivity index (χ2n) is 9.08. The van der Waals surface area contributed by atoms with Gasteiger partial charge in [-0.2, -0.15) is 0 Å². The number of nitrogens with zero attached hydrogens (tertiary/aromatic N) is 2. The fourth-order valence-electron chi connectivity index (χ4n) is 4.88. The summed E-state index contributed by atoms with van der Waals surface area (Å²) in [6.45, 7) is 7.98. The van der Waals surface area contributed by atoms with Crippen LogP contribution in [0.15, 0.2) is 16.6 Å². The number of benzene rings is 1. The van der Waals surface area contributed by atoms with Crippen molar-refractivity contribution < 1.29 is 23.8 Å². The van der Waals surface area contributed by atoms with Crippen molar-refractivity contribution in [1.29, 1.82) is 0 Å². The first-order chi connectivity index (χ1) is 17.0. The van der Waals surface area contributed by atoms with Crippen LogP contribution in [0.1, 0.15) is 62.7 Å². The molecule has 0 aromatic heterocycles. The number of ether oxygens (including phenoxy) is 3. The van der Waals surface area contributed by atoms with E-state index in [2.05, 4.69) is 21.2 Å². The number of piperidine rings is 1. The Hall–Kier alpha value is -1.68. The minimum absolute atomic E-state index is 0.0405. The Balaban J connectivity index is 0.00000167. The summed E-state index contributed by atoms with van der Waals surface area (Å²) >= 11 is 3.60. The van der Waals surface area contributed by atoms with Gasteiger partial charge >= 0.3 is 0 Å². The average Bonchev–Trinajstić information content (AvgIpc) is 2.90. The van der Waals surface area contributed by atoms with Crippen LogP contribution in [-0.2, 0) is 14.3 Å². The van der Waals surface area contributed by atoms with Crippen LogP contribution in [0.3, 0.4) is 0 Å². The molecule has 2 amide bonds. The largest absolute Gasteiger partial charge is 0.475 e. The summed E-state index contributed by atoms with van der Waals surface area (Å²) in [5.41, 5.74) is 0.307. The van der Waals surface area contributed by atoms with Crippen LogP contribution in [0.25, 0.3) is 0 Å². The molecule has 8 nitrogen and oxygen atoms in total. The van der Waals surface area contributed by atoms with Crippen LogP contribution >= 0.6 is 15.9 Å². The highest BCUT2D eigenvalue weighted by Gasteiger charge is 2.49. The standard InChI is InChI=1S/C24H34BrN3O5.C2H6/c1-27(17-6-5-9-26-16-17)22(29)18-14-20-21(15-19(18)25)33-24(7-12-32-13-8-24)23(30)28(20)10-3-4-11-31-2;1-2/h14-15,17,26H,3-13,16H2,1-2H3;1-2H3/t17-;/m1./s1. The first-order valence-electron chi connectivity index (χ1n) is 12.9. The van der Waals surface area contributed by atoms with Gasteiger partial charge in [-0.25, -0.2) is 0 Å². The number of amides is 2. The van der Waals surface area contributed by atoms with E-state index in [0.717, 1.165) is 38.8 Å². The number of methoxy groups -OCH3 is 1. The number of carbonyl (C=O) groups is 2. The molecule has 196 valence electrons. The maximum absolute atomic E-state index is 13.7. The first-order valence-corrected chi connectivity index (χ1v) is 13.7. The number of rotatable bonds is 7. The molecule has 2 fully saturated rings. The number of hydrogen-bond donors (Lipinski definition) is 1. The average molecular weight is 555 g/mol. The maximum atomic E-state index is 13.7. The number of unbranched alkanes of at least 4 members (excludes halogenated alkanes) is 1. The number of anilines is 1. The van der Waals surface area contributed by atoms with Crippen LogP contribution in [0.5, 0.6) is 5.75 Å². The molecule has 1 aromatic carbocycles. The molecule has 2 saturated heterocycles. The van der Waals surface area contributed by atoms with E-state index in [0.29, 0.717) is 60.7 Å². The molecule has 3 aliphatic heterocycles. The molecule has 3 heterocycles. The van der Waals surface area contributed by atoms with Gasteiger partial charge in [0.2, 0.25) is 0 Å². The Morgan fingerprint density at radius 2 is 2.03 bits per heavy atom. The molecule has 0 saturated carbocycles. The zero-order valence-electron chi connectivity index (χ0n) is 21.5. The van der Waals surface area contributed by atoms with Gasteiger partial charge in [0.25, 0.3) is 11.8 Å². The van der Waals surface area contributed by atoms with E-state index in [4.69, 9.17) is 14.2 Å². The smallest absolute Gasteiger partial charge is 0.271 e. The highest BCUT2D eigenvalue weighted by Crippen LogP contribution is 2.44. The predicted molar refractivity (Wildman–Crippen MR) is 140 cm³/mol. The topological polar surface area (TPSA) is 80.3 Å². The quantitative estimate of drug-likeness (QED) is 0.514. The van der Waals surface area contributed by atoms with E-state index in [1.54, 1.807) is 7.11 Å². The van der Waals surface area contributed by atoms with Crippen LogP contribution in [0.4, 0.5) is 5.69 Å². The number of hydrogen-bond acceptors (Lipinski definition) is 6. The summed E-state index contributed by atoms with van der Waals surface area (Å²) in [5, 5.41) is 3.37. The molecule has 1 aromatic rings. The van der Waals surface area contributed by atoms with Gasteiger partial charge in [-0.15, -0.1) is 0 Å². The normalized spacial score (nSPS) is 21.0. The van der Waals surface area contributed by atoms with Crippen molar-refractivity contribution in [3.63, 3.8) is 0 Å². The zero-order chi connectivity index (χ0) is 25.4. The van der Waals surface area contributed by atoms with E-state index in [9.17, 15) is 9.59 Å². The summed E-state index contributed by atoms with van der Waals surface area (Å²) in [5.74, 6) is 0.534. The Bertz CT molecular complexity index is 869. The third-order valence-corrected chi connectivity index (χ3v) is 7.59. The van der Waals surface area contributed by atoms with Crippen LogP contribution in [0, 0.1) is 0 Å². The Morgan fingerprint density at radius 1 is 1.29 bits per heavy atom. The number of fused-ring (bicyclic) bond motifs is 1. The lowest BCUT2D eigenvalue weighted by Gasteiger charge is -2.44. The van der Waals surface area contributed by atoms with Gasteiger partial charge in [-0.05, 0) is 60.3 Å². The van der Waals surface area contributed by atoms with E-state index in [1.165, 1.54) is 0 Å². The molecular weight excluding hydrogens is 514 g/mol. The molecule has 0 aliphatic carbocycles. The molecule has 35 heavy (non-hydrogen) atoms. The van der Waals surface area contributed by atoms with Gasteiger partial charge in [0.05, 0.1) is 24.5 Å². The van der Waals surface area contributed by atoms with Crippen LogP contribution in [-0.4, -0.2) is 82.0 Å². The molecule has 0 radical (unpaired) electrons. The molecule has 1 atom stereocenters. The number of halogens is 1. The highest BCUT2D eigenvalue weighted by molar-refractivity contribution is 9.10. The highest BCUT2D eigenvalue weighted by atomic mass is 79.9. The molecule has 0 bridgehead atoms. The molecule has 0 unspecified atom stereocenters. The van der Waals surface area contributed by atoms with Crippen molar-refractivity contribution in [2.75, 3.05) is 58.5 Å². The maximum Gasteiger partial charge on any atom is 0.271 e. The lowest BCUT2D eigenvalue weighted by atomic mass is 9.90. The summed E-state index contributed by atoms with van der Waals surface area (Å²) in [6, 6.07) is 3.82. The van der Waals surface area contributed by atoms with Gasteiger partial charge in [-0.1, -0.05) is 13.8 Å². The van der Waals surface area contributed by atoms with Crippen molar-refractivity contribution in [3.8, 4) is 5.75 Å². The molecule has 3 aliphatic rings. The van der Waals surface area contributed by atoms with Gasteiger partial charge < -0.3 is 29.3 Å². The summed E-state index contributed by atoms with van der Waals surface area (Å²) in [6.07, 6.45) is 4.74. The molecule has 9 heteroatoms. The van der Waals surface area contributed by atoms with E-state index < -0.39 is 5.60 Å². The van der Waals surface area contributed by atoms with Crippen molar-refractivity contribution >= 4 is 33.4 Å². The van der Waals surface area contributed by atoms with Gasteiger partial charge in [0, 0.05) is 57.2 Å². The van der Waals surface area contributed by atoms with E-state index in [-0.39, 0.29) is 17.9 Å². The Kier molecular flexibility index (Phi) is 10.4. The summed E-state index contributed by atoms with van der Waals surface area (Å²) in [7, 11) is 3.53. The van der Waals surface area contributed by atoms with Gasteiger partial charge in [-0.3, -0.25) is 9.59 Å². The van der Waals surface area contributed by atoms with Gasteiger partial charge in [0.15, 0.2) is 5.60 Å². The number of carbonyl (C=O) groups excluding carboxylic acids is 2. The minimum atomic E-state index is -0.901. The molecule has 4 rings (SSSR count). The predicted octanol–water partition coefficient (Wildman–Crippen LogP) is 4.00.